The lowest BCUT2D eigenvalue weighted by Crippen LogP contribution is -2.43. The molecule has 1 aromatic heterocycles. The number of hydrogen-bond acceptors (Lipinski definition) is 6. The van der Waals surface area contributed by atoms with Crippen molar-refractivity contribution >= 4 is 39.1 Å². The molecule has 3 aromatic rings. The van der Waals surface area contributed by atoms with E-state index >= 15 is 0 Å². The van der Waals surface area contributed by atoms with Gasteiger partial charge in [-0.05, 0) is 59.8 Å². The molecule has 4 rings (SSSR count). The van der Waals surface area contributed by atoms with Crippen molar-refractivity contribution in [2.45, 2.75) is 19.5 Å². The molecule has 1 aliphatic rings. The molecule has 0 N–H and O–H groups in total. The predicted octanol–water partition coefficient (Wildman–Crippen LogP) is 4.95. The Kier molecular flexibility index (Phi) is 8.79. The summed E-state index contributed by atoms with van der Waals surface area (Å²) < 4.78 is 17.0. The monoisotopic (exact) mass is 558 g/mol. The van der Waals surface area contributed by atoms with E-state index in [0.29, 0.717) is 49.7 Å². The second-order valence-electron chi connectivity index (χ2n) is 8.10. The molecule has 1 aliphatic heterocycles. The van der Waals surface area contributed by atoms with Crippen LogP contribution in [0.3, 0.4) is 0 Å². The van der Waals surface area contributed by atoms with Crippen LogP contribution >= 0.6 is 27.3 Å². The van der Waals surface area contributed by atoms with Crippen molar-refractivity contribution in [1.82, 2.24) is 9.80 Å². The van der Waals surface area contributed by atoms with Crippen LogP contribution in [0, 0.1) is 0 Å². The van der Waals surface area contributed by atoms with Gasteiger partial charge in [0.15, 0.2) is 11.5 Å². The van der Waals surface area contributed by atoms with Crippen LogP contribution in [-0.2, 0) is 22.6 Å². The highest BCUT2D eigenvalue weighted by Crippen LogP contribution is 2.33. The molecule has 0 atom stereocenters. The Morgan fingerprint density at radius 1 is 1.03 bits per heavy atom. The van der Waals surface area contributed by atoms with Crippen molar-refractivity contribution in [2.75, 3.05) is 33.6 Å². The number of hydrogen-bond donors (Lipinski definition) is 0. The Bertz CT molecular complexity index is 1140. The van der Waals surface area contributed by atoms with E-state index in [9.17, 15) is 9.59 Å². The first-order valence-electron chi connectivity index (χ1n) is 11.3. The van der Waals surface area contributed by atoms with Gasteiger partial charge < -0.3 is 24.0 Å². The molecule has 2 amide bonds. The summed E-state index contributed by atoms with van der Waals surface area (Å²) in [5.41, 5.74) is 1.48. The minimum atomic E-state index is -0.180. The number of nitrogens with zero attached hydrogens (tertiary/aromatic N) is 2. The fourth-order valence-electron chi connectivity index (χ4n) is 3.77. The standard InChI is InChI=1S/C26H27BrN2O5S/c1-32-12-3-11-28(26(31)20-6-8-21(27)9-7-20)17-25(30)29(16-22-4-2-13-35-22)15-19-5-10-23-24(14-19)34-18-33-23/h2,4-10,13-14H,3,11-12,15-18H2,1H3. The number of benzene rings is 2. The molecular formula is C26H27BrN2O5S. The lowest BCUT2D eigenvalue weighted by atomic mass is 10.1. The Labute approximate surface area is 217 Å². The van der Waals surface area contributed by atoms with Gasteiger partial charge in [-0.15, -0.1) is 11.3 Å². The van der Waals surface area contributed by atoms with Crippen molar-refractivity contribution in [3.8, 4) is 11.5 Å². The van der Waals surface area contributed by atoms with Gasteiger partial charge in [-0.2, -0.15) is 0 Å². The average molecular weight is 559 g/mol. The van der Waals surface area contributed by atoms with Gasteiger partial charge in [0.1, 0.15) is 6.54 Å². The van der Waals surface area contributed by atoms with Crippen molar-refractivity contribution < 1.29 is 23.8 Å². The Balaban J connectivity index is 1.52. The van der Waals surface area contributed by atoms with Gasteiger partial charge in [-0.1, -0.05) is 28.1 Å². The summed E-state index contributed by atoms with van der Waals surface area (Å²) in [5, 5.41) is 1.99. The highest BCUT2D eigenvalue weighted by molar-refractivity contribution is 9.10. The van der Waals surface area contributed by atoms with Crippen LogP contribution < -0.4 is 9.47 Å². The van der Waals surface area contributed by atoms with Crippen LogP contribution in [0.4, 0.5) is 0 Å². The highest BCUT2D eigenvalue weighted by Gasteiger charge is 2.24. The van der Waals surface area contributed by atoms with E-state index in [1.807, 2.05) is 47.8 Å². The molecule has 0 saturated heterocycles. The van der Waals surface area contributed by atoms with Gasteiger partial charge in [0.05, 0.1) is 6.54 Å². The second-order valence-corrected chi connectivity index (χ2v) is 10.0. The molecule has 0 unspecified atom stereocenters. The second kappa shape index (κ2) is 12.2. The summed E-state index contributed by atoms with van der Waals surface area (Å²) in [6, 6.07) is 16.8. The Hall–Kier alpha value is -2.88. The maximum atomic E-state index is 13.6. The topological polar surface area (TPSA) is 68.3 Å². The average Bonchev–Trinajstić information content (AvgIpc) is 3.55. The third kappa shape index (κ3) is 6.84. The zero-order valence-corrected chi connectivity index (χ0v) is 21.8. The van der Waals surface area contributed by atoms with Gasteiger partial charge >= 0.3 is 0 Å². The first kappa shape index (κ1) is 25.2. The first-order chi connectivity index (χ1) is 17.0. The van der Waals surface area contributed by atoms with E-state index in [2.05, 4.69) is 15.9 Å². The molecule has 0 saturated carbocycles. The van der Waals surface area contributed by atoms with Crippen molar-refractivity contribution in [2.24, 2.45) is 0 Å². The molecule has 0 spiro atoms. The largest absolute Gasteiger partial charge is 0.454 e. The number of halogens is 1. The molecule has 2 aromatic carbocycles. The fraction of sp³-hybridized carbons (Fsp3) is 0.308. The molecule has 0 fully saturated rings. The Morgan fingerprint density at radius 3 is 2.57 bits per heavy atom. The Morgan fingerprint density at radius 2 is 1.83 bits per heavy atom. The van der Waals surface area contributed by atoms with E-state index in [1.54, 1.807) is 40.4 Å². The molecule has 2 heterocycles. The SMILES string of the molecule is COCCCN(CC(=O)N(Cc1ccc2c(c1)OCO2)Cc1cccs1)C(=O)c1ccc(Br)cc1. The molecule has 0 bridgehead atoms. The van der Waals surface area contributed by atoms with E-state index in [1.165, 1.54) is 0 Å². The quantitative estimate of drug-likeness (QED) is 0.311. The van der Waals surface area contributed by atoms with E-state index in [-0.39, 0.29) is 25.2 Å². The summed E-state index contributed by atoms with van der Waals surface area (Å²) >= 11 is 5.00. The van der Waals surface area contributed by atoms with Gasteiger partial charge in [0, 0.05) is 41.7 Å². The summed E-state index contributed by atoms with van der Waals surface area (Å²) in [4.78, 5) is 31.3. The maximum absolute atomic E-state index is 13.6. The number of carbonyl (C=O) groups is 2. The van der Waals surface area contributed by atoms with Gasteiger partial charge in [-0.3, -0.25) is 9.59 Å². The number of amides is 2. The lowest BCUT2D eigenvalue weighted by Gasteiger charge is -2.28. The van der Waals surface area contributed by atoms with Crippen LogP contribution in [-0.4, -0.2) is 55.2 Å². The van der Waals surface area contributed by atoms with Crippen LogP contribution in [0.2, 0.25) is 0 Å². The van der Waals surface area contributed by atoms with Gasteiger partial charge in [0.2, 0.25) is 12.7 Å². The normalized spacial score (nSPS) is 11.9. The van der Waals surface area contributed by atoms with Crippen molar-refractivity contribution in [3.63, 3.8) is 0 Å². The zero-order chi connectivity index (χ0) is 24.6. The molecule has 9 heteroatoms. The molecule has 0 aliphatic carbocycles. The molecule has 0 radical (unpaired) electrons. The number of ether oxygens (including phenoxy) is 3. The molecule has 7 nitrogen and oxygen atoms in total. The van der Waals surface area contributed by atoms with Crippen LogP contribution in [0.1, 0.15) is 27.2 Å². The number of carbonyl (C=O) groups excluding carboxylic acids is 2. The number of thiophene rings is 1. The van der Waals surface area contributed by atoms with E-state index < -0.39 is 0 Å². The predicted molar refractivity (Wildman–Crippen MR) is 138 cm³/mol. The first-order valence-corrected chi connectivity index (χ1v) is 12.9. The fourth-order valence-corrected chi connectivity index (χ4v) is 4.76. The maximum Gasteiger partial charge on any atom is 0.254 e. The smallest absolute Gasteiger partial charge is 0.254 e. The van der Waals surface area contributed by atoms with Gasteiger partial charge in [-0.25, -0.2) is 0 Å². The van der Waals surface area contributed by atoms with Gasteiger partial charge in [0.25, 0.3) is 5.91 Å². The molecule has 184 valence electrons. The lowest BCUT2D eigenvalue weighted by molar-refractivity contribution is -0.133. The minimum absolute atomic E-state index is 0.0193. The summed E-state index contributed by atoms with van der Waals surface area (Å²) in [5.74, 6) is 1.08. The summed E-state index contributed by atoms with van der Waals surface area (Å²) in [6.07, 6.45) is 0.638. The third-order valence-electron chi connectivity index (χ3n) is 5.57. The molecular weight excluding hydrogens is 532 g/mol. The van der Waals surface area contributed by atoms with Crippen LogP contribution in [0.5, 0.6) is 11.5 Å². The molecule has 35 heavy (non-hydrogen) atoms. The van der Waals surface area contributed by atoms with Crippen molar-refractivity contribution in [3.05, 3.63) is 80.5 Å². The summed E-state index contributed by atoms with van der Waals surface area (Å²) in [7, 11) is 1.63. The number of rotatable bonds is 11. The third-order valence-corrected chi connectivity index (χ3v) is 6.96. The van der Waals surface area contributed by atoms with Crippen molar-refractivity contribution in [1.29, 1.82) is 0 Å². The summed E-state index contributed by atoms with van der Waals surface area (Å²) in [6.45, 7) is 1.97. The highest BCUT2D eigenvalue weighted by atomic mass is 79.9. The van der Waals surface area contributed by atoms with Crippen LogP contribution in [0.25, 0.3) is 0 Å². The van der Waals surface area contributed by atoms with E-state index in [4.69, 9.17) is 14.2 Å². The zero-order valence-electron chi connectivity index (χ0n) is 19.4. The number of methoxy groups -OCH3 is 1. The number of fused-ring (bicyclic) bond motifs is 1. The van der Waals surface area contributed by atoms with E-state index in [0.717, 1.165) is 14.9 Å². The minimum Gasteiger partial charge on any atom is -0.454 e. The van der Waals surface area contributed by atoms with Crippen LogP contribution in [0.15, 0.2) is 64.5 Å².